The molecule has 21 heavy (non-hydrogen) atoms. The summed E-state index contributed by atoms with van der Waals surface area (Å²) >= 11 is 0. The lowest BCUT2D eigenvalue weighted by Crippen LogP contribution is -2.13. The normalized spacial score (nSPS) is 10.5. The Hall–Kier alpha value is -2.88. The van der Waals surface area contributed by atoms with E-state index in [0.717, 1.165) is 16.9 Å². The summed E-state index contributed by atoms with van der Waals surface area (Å²) in [5, 5.41) is 0. The van der Waals surface area contributed by atoms with Crippen LogP contribution < -0.4 is 5.73 Å². The van der Waals surface area contributed by atoms with Gasteiger partial charge in [-0.2, -0.15) is 0 Å². The van der Waals surface area contributed by atoms with Crippen LogP contribution in [0.3, 0.4) is 0 Å². The third-order valence-electron chi connectivity index (χ3n) is 3.39. The average Bonchev–Trinajstić information content (AvgIpc) is 2.87. The Morgan fingerprint density at radius 2 is 1.57 bits per heavy atom. The van der Waals surface area contributed by atoms with Gasteiger partial charge in [0.05, 0.1) is 5.69 Å². The maximum atomic E-state index is 11.6. The lowest BCUT2D eigenvalue weighted by atomic mass is 10.2. The lowest BCUT2D eigenvalue weighted by Gasteiger charge is -2.10. The first-order chi connectivity index (χ1) is 10.2. The Morgan fingerprint density at radius 1 is 1.00 bits per heavy atom. The molecule has 1 heterocycles. The van der Waals surface area contributed by atoms with E-state index in [4.69, 9.17) is 5.73 Å². The minimum atomic E-state index is -0.514. The second-order valence-electron chi connectivity index (χ2n) is 4.77. The zero-order valence-corrected chi connectivity index (χ0v) is 11.7. The number of hydrogen-bond donors (Lipinski definition) is 1. The number of nitrogens with zero attached hydrogens (tertiary/aromatic N) is 2. The van der Waals surface area contributed by atoms with Gasteiger partial charge >= 0.3 is 0 Å². The van der Waals surface area contributed by atoms with Gasteiger partial charge in [0.15, 0.2) is 0 Å². The summed E-state index contributed by atoms with van der Waals surface area (Å²) in [5.74, 6) is 0.201. The van der Waals surface area contributed by atoms with Crippen LogP contribution in [0, 0.1) is 6.92 Å². The molecule has 0 saturated carbocycles. The van der Waals surface area contributed by atoms with E-state index in [1.807, 2.05) is 72.2 Å². The standard InChI is InChI=1S/C17H15N3O/c1-12-15(16(18)21)19-17(13-8-4-2-5-9-13)20(12)14-10-6-3-7-11-14/h2-11H,1H3,(H2,18,21). The first kappa shape index (κ1) is 13.1. The summed E-state index contributed by atoms with van der Waals surface area (Å²) < 4.78 is 1.95. The predicted octanol–water partition coefficient (Wildman–Crippen LogP) is 2.95. The van der Waals surface area contributed by atoms with E-state index in [1.54, 1.807) is 0 Å². The molecule has 1 amide bonds. The molecule has 0 saturated heterocycles. The van der Waals surface area contributed by atoms with Crippen molar-refractivity contribution in [3.8, 4) is 17.1 Å². The van der Waals surface area contributed by atoms with Crippen molar-refractivity contribution in [3.63, 3.8) is 0 Å². The highest BCUT2D eigenvalue weighted by molar-refractivity contribution is 5.93. The fourth-order valence-corrected chi connectivity index (χ4v) is 2.41. The molecule has 1 aromatic heterocycles. The van der Waals surface area contributed by atoms with Gasteiger partial charge in [0.2, 0.25) is 0 Å². The van der Waals surface area contributed by atoms with Crippen LogP contribution in [-0.4, -0.2) is 15.5 Å². The molecule has 0 unspecified atom stereocenters. The van der Waals surface area contributed by atoms with Gasteiger partial charge in [-0.1, -0.05) is 48.5 Å². The number of carbonyl (C=O) groups is 1. The smallest absolute Gasteiger partial charge is 0.269 e. The van der Waals surface area contributed by atoms with Crippen LogP contribution in [0.2, 0.25) is 0 Å². The van der Waals surface area contributed by atoms with E-state index in [-0.39, 0.29) is 0 Å². The van der Waals surface area contributed by atoms with Crippen molar-refractivity contribution < 1.29 is 4.79 Å². The quantitative estimate of drug-likeness (QED) is 0.800. The largest absolute Gasteiger partial charge is 0.364 e. The van der Waals surface area contributed by atoms with Crippen LogP contribution in [-0.2, 0) is 0 Å². The van der Waals surface area contributed by atoms with Crippen LogP contribution in [0.5, 0.6) is 0 Å². The molecule has 4 nitrogen and oxygen atoms in total. The number of rotatable bonds is 3. The maximum Gasteiger partial charge on any atom is 0.269 e. The molecule has 0 atom stereocenters. The number of primary amides is 1. The first-order valence-electron chi connectivity index (χ1n) is 6.68. The molecular formula is C17H15N3O. The molecular weight excluding hydrogens is 262 g/mol. The Balaban J connectivity index is 2.29. The van der Waals surface area contributed by atoms with Crippen LogP contribution in [0.15, 0.2) is 60.7 Å². The molecule has 0 aliphatic rings. The molecule has 3 rings (SSSR count). The highest BCUT2D eigenvalue weighted by Crippen LogP contribution is 2.26. The Morgan fingerprint density at radius 3 is 2.14 bits per heavy atom. The summed E-state index contributed by atoms with van der Waals surface area (Å²) in [6.07, 6.45) is 0. The van der Waals surface area contributed by atoms with Crippen molar-refractivity contribution in [3.05, 3.63) is 72.1 Å². The number of imidazole rings is 1. The molecule has 4 heteroatoms. The van der Waals surface area contributed by atoms with Crippen molar-refractivity contribution in [2.75, 3.05) is 0 Å². The molecule has 0 spiro atoms. The van der Waals surface area contributed by atoms with E-state index in [9.17, 15) is 4.79 Å². The molecule has 0 aliphatic heterocycles. The van der Waals surface area contributed by atoms with Crippen molar-refractivity contribution in [2.24, 2.45) is 5.73 Å². The van der Waals surface area contributed by atoms with Gasteiger partial charge in [-0.3, -0.25) is 9.36 Å². The number of nitrogens with two attached hydrogens (primary N) is 1. The van der Waals surface area contributed by atoms with Crippen LogP contribution in [0.1, 0.15) is 16.2 Å². The van der Waals surface area contributed by atoms with Crippen LogP contribution >= 0.6 is 0 Å². The van der Waals surface area contributed by atoms with Crippen molar-refractivity contribution >= 4 is 5.91 Å². The Bertz CT molecular complexity index is 777. The van der Waals surface area contributed by atoms with Crippen molar-refractivity contribution in [2.45, 2.75) is 6.92 Å². The molecule has 0 bridgehead atoms. The fourth-order valence-electron chi connectivity index (χ4n) is 2.41. The summed E-state index contributed by atoms with van der Waals surface area (Å²) in [7, 11) is 0. The summed E-state index contributed by atoms with van der Waals surface area (Å²) in [4.78, 5) is 16.0. The Kier molecular flexibility index (Phi) is 3.28. The fraction of sp³-hybridized carbons (Fsp3) is 0.0588. The monoisotopic (exact) mass is 277 g/mol. The third-order valence-corrected chi connectivity index (χ3v) is 3.39. The SMILES string of the molecule is Cc1c(C(N)=O)nc(-c2ccccc2)n1-c1ccccc1. The summed E-state index contributed by atoms with van der Waals surface area (Å²) in [6.45, 7) is 1.85. The zero-order chi connectivity index (χ0) is 14.8. The number of carbonyl (C=O) groups excluding carboxylic acids is 1. The van der Waals surface area contributed by atoms with E-state index in [2.05, 4.69) is 4.98 Å². The molecule has 3 aromatic rings. The van der Waals surface area contributed by atoms with Gasteiger partial charge in [-0.05, 0) is 19.1 Å². The molecule has 0 radical (unpaired) electrons. The number of benzene rings is 2. The van der Waals surface area contributed by atoms with Crippen LogP contribution in [0.25, 0.3) is 17.1 Å². The predicted molar refractivity (Wildman–Crippen MR) is 82.3 cm³/mol. The van der Waals surface area contributed by atoms with Gasteiger partial charge in [0, 0.05) is 11.3 Å². The molecule has 0 aliphatic carbocycles. The topological polar surface area (TPSA) is 60.9 Å². The van der Waals surface area contributed by atoms with Gasteiger partial charge < -0.3 is 5.73 Å². The van der Waals surface area contributed by atoms with E-state index < -0.39 is 5.91 Å². The van der Waals surface area contributed by atoms with Crippen molar-refractivity contribution in [1.82, 2.24) is 9.55 Å². The average molecular weight is 277 g/mol. The summed E-state index contributed by atoms with van der Waals surface area (Å²) in [6, 6.07) is 19.6. The molecule has 104 valence electrons. The molecule has 2 N–H and O–H groups in total. The number of aromatic nitrogens is 2. The zero-order valence-electron chi connectivity index (χ0n) is 11.7. The second kappa shape index (κ2) is 5.25. The van der Waals surface area contributed by atoms with Crippen molar-refractivity contribution in [1.29, 1.82) is 0 Å². The highest BCUT2D eigenvalue weighted by Gasteiger charge is 2.19. The van der Waals surface area contributed by atoms with Gasteiger partial charge in [0.25, 0.3) is 5.91 Å². The number of amides is 1. The molecule has 0 fully saturated rings. The van der Waals surface area contributed by atoms with Crippen LogP contribution in [0.4, 0.5) is 0 Å². The molecule has 2 aromatic carbocycles. The first-order valence-corrected chi connectivity index (χ1v) is 6.68. The van der Waals surface area contributed by atoms with E-state index in [0.29, 0.717) is 11.5 Å². The minimum absolute atomic E-state index is 0.303. The van der Waals surface area contributed by atoms with Gasteiger partial charge in [0.1, 0.15) is 11.5 Å². The highest BCUT2D eigenvalue weighted by atomic mass is 16.1. The number of hydrogen-bond acceptors (Lipinski definition) is 2. The number of para-hydroxylation sites is 1. The Labute approximate surface area is 122 Å². The second-order valence-corrected chi connectivity index (χ2v) is 4.77. The lowest BCUT2D eigenvalue weighted by molar-refractivity contribution is 0.0995. The van der Waals surface area contributed by atoms with E-state index in [1.165, 1.54) is 0 Å². The summed E-state index contributed by atoms with van der Waals surface area (Å²) in [5.41, 5.74) is 8.38. The van der Waals surface area contributed by atoms with Gasteiger partial charge in [-0.25, -0.2) is 4.98 Å². The van der Waals surface area contributed by atoms with E-state index >= 15 is 0 Å². The maximum absolute atomic E-state index is 11.6. The minimum Gasteiger partial charge on any atom is -0.364 e. The van der Waals surface area contributed by atoms with Gasteiger partial charge in [-0.15, -0.1) is 0 Å². The third kappa shape index (κ3) is 2.31.